The molecule has 1 aliphatic heterocycles. The smallest absolute Gasteiger partial charge is 0.319 e. The molecule has 1 aliphatic rings. The number of nitrogens with zero attached hydrogens (tertiary/aromatic N) is 3. The highest BCUT2D eigenvalue weighted by molar-refractivity contribution is 5.90. The molecule has 162 valence electrons. The SMILES string of the molecule is Cc1cc(C)cc(NC(=O)NCc2nn(CCN3CCCC3)c(=O)c3ccccc23)c1. The third-order valence-electron chi connectivity index (χ3n) is 5.67. The summed E-state index contributed by atoms with van der Waals surface area (Å²) in [6.07, 6.45) is 2.43. The van der Waals surface area contributed by atoms with E-state index in [1.165, 1.54) is 12.8 Å². The van der Waals surface area contributed by atoms with Gasteiger partial charge in [0.15, 0.2) is 0 Å². The summed E-state index contributed by atoms with van der Waals surface area (Å²) in [5, 5.41) is 11.8. The predicted molar refractivity (Wildman–Crippen MR) is 123 cm³/mol. The van der Waals surface area contributed by atoms with Gasteiger partial charge in [-0.1, -0.05) is 24.3 Å². The molecule has 2 N–H and O–H groups in total. The van der Waals surface area contributed by atoms with Gasteiger partial charge in [-0.05, 0) is 69.1 Å². The number of carbonyl (C=O) groups is 1. The molecule has 4 rings (SSSR count). The van der Waals surface area contributed by atoms with Crippen LogP contribution in [-0.4, -0.2) is 40.3 Å². The molecule has 0 spiro atoms. The molecular weight excluding hydrogens is 390 g/mol. The summed E-state index contributed by atoms with van der Waals surface area (Å²) in [6.45, 7) is 7.75. The van der Waals surface area contributed by atoms with Crippen molar-refractivity contribution in [2.24, 2.45) is 0 Å². The van der Waals surface area contributed by atoms with Crippen LogP contribution in [0.2, 0.25) is 0 Å². The summed E-state index contributed by atoms with van der Waals surface area (Å²) in [5.41, 5.74) is 3.54. The topological polar surface area (TPSA) is 79.3 Å². The number of amides is 2. The van der Waals surface area contributed by atoms with Gasteiger partial charge in [0, 0.05) is 17.6 Å². The highest BCUT2D eigenvalue weighted by Gasteiger charge is 2.15. The molecule has 0 atom stereocenters. The fourth-order valence-electron chi connectivity index (χ4n) is 4.22. The van der Waals surface area contributed by atoms with Gasteiger partial charge < -0.3 is 15.5 Å². The van der Waals surface area contributed by atoms with Gasteiger partial charge in [-0.25, -0.2) is 9.48 Å². The second kappa shape index (κ2) is 9.31. The lowest BCUT2D eigenvalue weighted by Gasteiger charge is -2.16. The summed E-state index contributed by atoms with van der Waals surface area (Å²) in [6, 6.07) is 13.1. The van der Waals surface area contributed by atoms with E-state index in [4.69, 9.17) is 0 Å². The lowest BCUT2D eigenvalue weighted by atomic mass is 10.1. The highest BCUT2D eigenvalue weighted by Crippen LogP contribution is 2.15. The van der Waals surface area contributed by atoms with Gasteiger partial charge in [-0.2, -0.15) is 5.10 Å². The first-order chi connectivity index (χ1) is 15.0. The average molecular weight is 420 g/mol. The lowest BCUT2D eigenvalue weighted by Crippen LogP contribution is -2.33. The molecule has 1 saturated heterocycles. The fraction of sp³-hybridized carbons (Fsp3) is 0.375. The summed E-state index contributed by atoms with van der Waals surface area (Å²) >= 11 is 0. The van der Waals surface area contributed by atoms with E-state index in [1.807, 2.05) is 50.2 Å². The Morgan fingerprint density at radius 3 is 2.39 bits per heavy atom. The van der Waals surface area contributed by atoms with Crippen molar-refractivity contribution in [1.82, 2.24) is 20.0 Å². The molecular formula is C24H29N5O2. The lowest BCUT2D eigenvalue weighted by molar-refractivity contribution is 0.251. The number of anilines is 1. The molecule has 0 aliphatic carbocycles. The molecule has 1 aromatic heterocycles. The van der Waals surface area contributed by atoms with Crippen molar-refractivity contribution in [3.8, 4) is 0 Å². The van der Waals surface area contributed by atoms with Crippen LogP contribution in [0.3, 0.4) is 0 Å². The Kier molecular flexibility index (Phi) is 6.32. The Morgan fingerprint density at radius 1 is 1.00 bits per heavy atom. The molecule has 2 amide bonds. The van der Waals surface area contributed by atoms with Crippen LogP contribution in [0.5, 0.6) is 0 Å². The highest BCUT2D eigenvalue weighted by atomic mass is 16.2. The van der Waals surface area contributed by atoms with E-state index < -0.39 is 0 Å². The van der Waals surface area contributed by atoms with Crippen LogP contribution in [0, 0.1) is 13.8 Å². The normalized spacial score (nSPS) is 14.1. The van der Waals surface area contributed by atoms with Gasteiger partial charge in [0.1, 0.15) is 0 Å². The first-order valence-corrected chi connectivity index (χ1v) is 10.8. The maximum absolute atomic E-state index is 12.9. The van der Waals surface area contributed by atoms with Crippen molar-refractivity contribution in [1.29, 1.82) is 0 Å². The van der Waals surface area contributed by atoms with Crippen LogP contribution >= 0.6 is 0 Å². The Balaban J connectivity index is 1.51. The van der Waals surface area contributed by atoms with Gasteiger partial charge in [-0.3, -0.25) is 4.79 Å². The molecule has 3 aromatic rings. The molecule has 2 heterocycles. The first-order valence-electron chi connectivity index (χ1n) is 10.8. The molecule has 1 fully saturated rings. The second-order valence-electron chi connectivity index (χ2n) is 8.25. The van der Waals surface area contributed by atoms with Crippen LogP contribution in [-0.2, 0) is 13.1 Å². The minimum absolute atomic E-state index is 0.0850. The van der Waals surface area contributed by atoms with Crippen LogP contribution in [0.25, 0.3) is 10.8 Å². The van der Waals surface area contributed by atoms with Gasteiger partial charge in [0.25, 0.3) is 5.56 Å². The predicted octanol–water partition coefficient (Wildman–Crippen LogP) is 3.43. The first kappa shape index (κ1) is 21.1. The number of likely N-dealkylation sites (tertiary alicyclic amines) is 1. The molecule has 0 unspecified atom stereocenters. The zero-order chi connectivity index (χ0) is 21.8. The number of fused-ring (bicyclic) bond motifs is 1. The van der Waals surface area contributed by atoms with E-state index in [2.05, 4.69) is 26.7 Å². The quantitative estimate of drug-likeness (QED) is 0.642. The number of hydrogen-bond acceptors (Lipinski definition) is 4. The number of rotatable bonds is 6. The number of nitrogens with one attached hydrogen (secondary N) is 2. The van der Waals surface area contributed by atoms with Crippen molar-refractivity contribution in [2.75, 3.05) is 25.0 Å². The summed E-state index contributed by atoms with van der Waals surface area (Å²) < 4.78 is 1.54. The van der Waals surface area contributed by atoms with E-state index in [0.717, 1.165) is 41.8 Å². The van der Waals surface area contributed by atoms with Crippen LogP contribution in [0.4, 0.5) is 10.5 Å². The third-order valence-corrected chi connectivity index (χ3v) is 5.67. The number of aryl methyl sites for hydroxylation is 2. The van der Waals surface area contributed by atoms with Crippen LogP contribution < -0.4 is 16.2 Å². The zero-order valence-electron chi connectivity index (χ0n) is 18.1. The monoisotopic (exact) mass is 419 g/mol. The second-order valence-corrected chi connectivity index (χ2v) is 8.25. The molecule has 0 saturated carbocycles. The van der Waals surface area contributed by atoms with Gasteiger partial charge >= 0.3 is 6.03 Å². The summed E-state index contributed by atoms with van der Waals surface area (Å²) in [5.74, 6) is 0. The van der Waals surface area contributed by atoms with Gasteiger partial charge in [0.2, 0.25) is 0 Å². The van der Waals surface area contributed by atoms with E-state index >= 15 is 0 Å². The van der Waals surface area contributed by atoms with E-state index in [9.17, 15) is 9.59 Å². The van der Waals surface area contributed by atoms with Crippen molar-refractivity contribution in [2.45, 2.75) is 39.8 Å². The number of urea groups is 1. The van der Waals surface area contributed by atoms with E-state index in [0.29, 0.717) is 17.6 Å². The molecule has 31 heavy (non-hydrogen) atoms. The number of aromatic nitrogens is 2. The Bertz CT molecular complexity index is 1130. The number of benzene rings is 2. The minimum Gasteiger partial charge on any atom is -0.332 e. The molecule has 0 bridgehead atoms. The van der Waals surface area contributed by atoms with Crippen LogP contribution in [0.15, 0.2) is 47.3 Å². The largest absolute Gasteiger partial charge is 0.332 e. The maximum Gasteiger partial charge on any atom is 0.319 e. The summed E-state index contributed by atoms with van der Waals surface area (Å²) in [7, 11) is 0. The minimum atomic E-state index is -0.300. The van der Waals surface area contributed by atoms with Gasteiger partial charge in [-0.15, -0.1) is 0 Å². The Morgan fingerprint density at radius 2 is 1.68 bits per heavy atom. The molecule has 2 aromatic carbocycles. The van der Waals surface area contributed by atoms with Crippen molar-refractivity contribution < 1.29 is 4.79 Å². The van der Waals surface area contributed by atoms with E-state index in [1.54, 1.807) is 4.68 Å². The van der Waals surface area contributed by atoms with Crippen molar-refractivity contribution >= 4 is 22.5 Å². The van der Waals surface area contributed by atoms with Crippen molar-refractivity contribution in [3.63, 3.8) is 0 Å². The molecule has 7 nitrogen and oxygen atoms in total. The third kappa shape index (κ3) is 5.11. The zero-order valence-corrected chi connectivity index (χ0v) is 18.1. The number of hydrogen-bond donors (Lipinski definition) is 2. The Labute approximate surface area is 182 Å². The molecule has 7 heteroatoms. The maximum atomic E-state index is 12.9. The average Bonchev–Trinajstić information content (AvgIpc) is 3.25. The Hall–Kier alpha value is -3.19. The number of carbonyl (C=O) groups excluding carboxylic acids is 1. The fourth-order valence-corrected chi connectivity index (χ4v) is 4.22. The standard InChI is InChI=1S/C24H29N5O2/c1-17-13-18(2)15-19(14-17)26-24(31)25-16-22-20-7-3-4-8-21(20)23(30)29(27-22)12-11-28-9-5-6-10-28/h3-4,7-8,13-15H,5-6,9-12,16H2,1-2H3,(H2,25,26,31). The van der Waals surface area contributed by atoms with E-state index in [-0.39, 0.29) is 18.1 Å². The van der Waals surface area contributed by atoms with Gasteiger partial charge in [0.05, 0.1) is 24.2 Å². The summed E-state index contributed by atoms with van der Waals surface area (Å²) in [4.78, 5) is 27.7. The van der Waals surface area contributed by atoms with Crippen molar-refractivity contribution in [3.05, 3.63) is 69.6 Å². The van der Waals surface area contributed by atoms with Crippen LogP contribution in [0.1, 0.15) is 29.7 Å². The molecule has 0 radical (unpaired) electrons.